The standard InChI is InChI=1S/C17H18FN3O3S/c1-2-9-25(23,24)21-14-7-3-5-12(15(14)18)16(22)13-10-20-17-11(13)6-4-8-19-17/h4,6-8,10,21H,2-3,5,9H2,1H3,(H,19,20). The van der Waals surface area contributed by atoms with Gasteiger partial charge in [-0.1, -0.05) is 13.0 Å². The third kappa shape index (κ3) is 3.48. The maximum absolute atomic E-state index is 14.8. The van der Waals surface area contributed by atoms with Crippen molar-refractivity contribution in [3.63, 3.8) is 0 Å². The molecular formula is C17H18FN3O3S. The Morgan fingerprint density at radius 2 is 2.24 bits per heavy atom. The molecule has 132 valence electrons. The van der Waals surface area contributed by atoms with Crippen LogP contribution in [-0.4, -0.2) is 29.9 Å². The summed E-state index contributed by atoms with van der Waals surface area (Å²) in [4.78, 5) is 19.8. The average Bonchev–Trinajstić information content (AvgIpc) is 3.00. The molecular weight excluding hydrogens is 345 g/mol. The molecule has 8 heteroatoms. The monoisotopic (exact) mass is 363 g/mol. The van der Waals surface area contributed by atoms with Crippen molar-refractivity contribution in [2.45, 2.75) is 26.2 Å². The molecule has 2 N–H and O–H groups in total. The molecule has 0 amide bonds. The molecule has 0 spiro atoms. The first-order valence-electron chi connectivity index (χ1n) is 7.99. The van der Waals surface area contributed by atoms with Gasteiger partial charge in [0.15, 0.2) is 11.6 Å². The first-order chi connectivity index (χ1) is 11.9. The van der Waals surface area contributed by atoms with Gasteiger partial charge in [-0.25, -0.2) is 17.8 Å². The quantitative estimate of drug-likeness (QED) is 0.772. The minimum Gasteiger partial charge on any atom is -0.345 e. The molecule has 0 aliphatic heterocycles. The highest BCUT2D eigenvalue weighted by Gasteiger charge is 2.26. The van der Waals surface area contributed by atoms with E-state index in [-0.39, 0.29) is 23.4 Å². The van der Waals surface area contributed by atoms with Crippen LogP contribution in [0.2, 0.25) is 0 Å². The van der Waals surface area contributed by atoms with Crippen molar-refractivity contribution < 1.29 is 17.6 Å². The Morgan fingerprint density at radius 1 is 1.44 bits per heavy atom. The molecule has 25 heavy (non-hydrogen) atoms. The predicted molar refractivity (Wildman–Crippen MR) is 93.1 cm³/mol. The van der Waals surface area contributed by atoms with E-state index in [9.17, 15) is 17.6 Å². The summed E-state index contributed by atoms with van der Waals surface area (Å²) in [7, 11) is -3.62. The lowest BCUT2D eigenvalue weighted by Crippen LogP contribution is -2.27. The molecule has 0 atom stereocenters. The van der Waals surface area contributed by atoms with Crippen molar-refractivity contribution in [1.29, 1.82) is 0 Å². The summed E-state index contributed by atoms with van der Waals surface area (Å²) in [5.74, 6) is -1.37. The minimum atomic E-state index is -3.62. The van der Waals surface area contributed by atoms with Crippen LogP contribution in [0.15, 0.2) is 47.7 Å². The number of carbonyl (C=O) groups excluding carboxylic acids is 1. The molecule has 0 bridgehead atoms. The average molecular weight is 363 g/mol. The summed E-state index contributed by atoms with van der Waals surface area (Å²) >= 11 is 0. The summed E-state index contributed by atoms with van der Waals surface area (Å²) in [5, 5.41) is 0.607. The second-order valence-corrected chi connectivity index (χ2v) is 7.64. The number of aromatic amines is 1. The zero-order valence-corrected chi connectivity index (χ0v) is 14.5. The Kier molecular flexibility index (Phi) is 4.71. The van der Waals surface area contributed by atoms with Crippen LogP contribution in [0.25, 0.3) is 11.0 Å². The Bertz CT molecular complexity index is 989. The molecule has 0 fully saturated rings. The molecule has 6 nitrogen and oxygen atoms in total. The van der Waals surface area contributed by atoms with E-state index in [1.165, 1.54) is 12.3 Å². The summed E-state index contributed by atoms with van der Waals surface area (Å²) in [6.07, 6.45) is 5.59. The number of aromatic nitrogens is 2. The second-order valence-electron chi connectivity index (χ2n) is 5.80. The van der Waals surface area contributed by atoms with Crippen LogP contribution in [0.5, 0.6) is 0 Å². The van der Waals surface area contributed by atoms with Gasteiger partial charge < -0.3 is 4.98 Å². The number of hydrogen-bond acceptors (Lipinski definition) is 4. The number of ketones is 1. The first-order valence-corrected chi connectivity index (χ1v) is 9.64. The second kappa shape index (κ2) is 6.79. The van der Waals surface area contributed by atoms with Crippen LogP contribution < -0.4 is 4.72 Å². The van der Waals surface area contributed by atoms with E-state index in [0.717, 1.165) is 0 Å². The molecule has 0 saturated heterocycles. The number of hydrogen-bond donors (Lipinski definition) is 2. The van der Waals surface area contributed by atoms with Crippen LogP contribution in [0.1, 0.15) is 36.5 Å². The Balaban J connectivity index is 1.94. The van der Waals surface area contributed by atoms with Crippen molar-refractivity contribution in [2.75, 3.05) is 5.75 Å². The SMILES string of the molecule is CCCS(=O)(=O)NC1=CCCC(C(=O)c2c[nH]c3ncccc23)=C1F. The number of allylic oxidation sites excluding steroid dienone is 3. The normalized spacial score (nSPS) is 15.4. The molecule has 2 heterocycles. The van der Waals surface area contributed by atoms with Gasteiger partial charge in [0, 0.05) is 28.9 Å². The summed E-state index contributed by atoms with van der Waals surface area (Å²) in [6.45, 7) is 1.72. The van der Waals surface area contributed by atoms with Crippen LogP contribution in [0.4, 0.5) is 4.39 Å². The number of fused-ring (bicyclic) bond motifs is 1. The maximum atomic E-state index is 14.8. The highest BCUT2D eigenvalue weighted by Crippen LogP contribution is 2.30. The third-order valence-corrected chi connectivity index (χ3v) is 5.43. The largest absolute Gasteiger partial charge is 0.345 e. The van der Waals surface area contributed by atoms with E-state index in [0.29, 0.717) is 29.4 Å². The molecule has 0 unspecified atom stereocenters. The number of rotatable bonds is 6. The van der Waals surface area contributed by atoms with Crippen LogP contribution in [0.3, 0.4) is 0 Å². The summed E-state index contributed by atoms with van der Waals surface area (Å²) in [6, 6.07) is 3.43. The number of carbonyl (C=O) groups is 1. The zero-order chi connectivity index (χ0) is 18.0. The fraction of sp³-hybridized carbons (Fsp3) is 0.294. The molecule has 0 saturated carbocycles. The molecule has 1 aliphatic rings. The fourth-order valence-electron chi connectivity index (χ4n) is 2.82. The van der Waals surface area contributed by atoms with Gasteiger partial charge in [0.2, 0.25) is 10.0 Å². The van der Waals surface area contributed by atoms with E-state index in [1.807, 2.05) is 0 Å². The van der Waals surface area contributed by atoms with E-state index in [2.05, 4.69) is 14.7 Å². The van der Waals surface area contributed by atoms with Gasteiger partial charge >= 0.3 is 0 Å². The van der Waals surface area contributed by atoms with Gasteiger partial charge in [-0.05, 0) is 31.4 Å². The molecule has 0 radical (unpaired) electrons. The van der Waals surface area contributed by atoms with Gasteiger partial charge in [0.25, 0.3) is 0 Å². The number of Topliss-reactive ketones (excluding diaryl/α,β-unsaturated/α-hetero) is 1. The van der Waals surface area contributed by atoms with Crippen molar-refractivity contribution in [3.05, 3.63) is 53.3 Å². The van der Waals surface area contributed by atoms with Gasteiger partial charge in [-0.2, -0.15) is 0 Å². The number of sulfonamides is 1. The van der Waals surface area contributed by atoms with E-state index in [4.69, 9.17) is 0 Å². The van der Waals surface area contributed by atoms with Crippen molar-refractivity contribution in [2.24, 2.45) is 0 Å². The smallest absolute Gasteiger partial charge is 0.232 e. The van der Waals surface area contributed by atoms with Crippen LogP contribution >= 0.6 is 0 Å². The molecule has 0 aromatic carbocycles. The highest BCUT2D eigenvalue weighted by atomic mass is 32.2. The number of pyridine rings is 1. The molecule has 1 aliphatic carbocycles. The van der Waals surface area contributed by atoms with E-state index >= 15 is 0 Å². The topological polar surface area (TPSA) is 91.9 Å². The van der Waals surface area contributed by atoms with Gasteiger partial charge in [0.1, 0.15) is 5.65 Å². The molecule has 3 rings (SSSR count). The lowest BCUT2D eigenvalue weighted by Gasteiger charge is -2.17. The Hall–Kier alpha value is -2.48. The zero-order valence-electron chi connectivity index (χ0n) is 13.7. The Morgan fingerprint density at radius 3 is 3.00 bits per heavy atom. The number of halogens is 1. The van der Waals surface area contributed by atoms with Gasteiger partial charge in [0.05, 0.1) is 11.4 Å². The maximum Gasteiger partial charge on any atom is 0.232 e. The number of nitrogens with zero attached hydrogens (tertiary/aromatic N) is 1. The summed E-state index contributed by atoms with van der Waals surface area (Å²) in [5.41, 5.74) is 0.690. The minimum absolute atomic E-state index is 0.0264. The van der Waals surface area contributed by atoms with E-state index < -0.39 is 21.6 Å². The van der Waals surface area contributed by atoms with Crippen molar-refractivity contribution >= 4 is 26.8 Å². The van der Waals surface area contributed by atoms with Gasteiger partial charge in [-0.15, -0.1) is 0 Å². The fourth-order valence-corrected chi connectivity index (χ4v) is 3.96. The van der Waals surface area contributed by atoms with E-state index in [1.54, 1.807) is 25.3 Å². The van der Waals surface area contributed by atoms with Gasteiger partial charge in [-0.3, -0.25) is 9.52 Å². The number of nitrogens with one attached hydrogen (secondary N) is 2. The Labute approximate surface area is 144 Å². The molecule has 2 aromatic heterocycles. The molecule has 2 aromatic rings. The lowest BCUT2D eigenvalue weighted by molar-refractivity contribution is 0.102. The summed E-state index contributed by atoms with van der Waals surface area (Å²) < 4.78 is 40.8. The highest BCUT2D eigenvalue weighted by molar-refractivity contribution is 7.89. The van der Waals surface area contributed by atoms with Crippen LogP contribution in [-0.2, 0) is 10.0 Å². The number of H-pyrrole nitrogens is 1. The first kappa shape index (κ1) is 17.3. The van der Waals surface area contributed by atoms with Crippen molar-refractivity contribution in [1.82, 2.24) is 14.7 Å². The third-order valence-electron chi connectivity index (χ3n) is 3.95. The predicted octanol–water partition coefficient (Wildman–Crippen LogP) is 2.98. The van der Waals surface area contributed by atoms with Crippen molar-refractivity contribution in [3.8, 4) is 0 Å². The van der Waals surface area contributed by atoms with Crippen LogP contribution in [0, 0.1) is 0 Å². The lowest BCUT2D eigenvalue weighted by atomic mass is 9.94.